The van der Waals surface area contributed by atoms with Gasteiger partial charge in [0.05, 0.1) is 4.90 Å². The molecule has 0 N–H and O–H groups in total. The monoisotopic (exact) mass is 341 g/mol. The highest BCUT2D eigenvalue weighted by Gasteiger charge is 2.36. The summed E-state index contributed by atoms with van der Waals surface area (Å²) in [5.41, 5.74) is -0.565. The lowest BCUT2D eigenvalue weighted by molar-refractivity contribution is -0.155. The average molecular weight is 341 g/mol. The highest BCUT2D eigenvalue weighted by atomic mass is 32.2. The summed E-state index contributed by atoms with van der Waals surface area (Å²) < 4.78 is 32.4. The van der Waals surface area contributed by atoms with Crippen LogP contribution < -0.4 is 0 Å². The van der Waals surface area contributed by atoms with Crippen molar-refractivity contribution in [1.82, 2.24) is 4.31 Å². The van der Waals surface area contributed by atoms with E-state index in [1.807, 2.05) is 13.0 Å². The van der Waals surface area contributed by atoms with Gasteiger partial charge in [0, 0.05) is 5.54 Å². The van der Waals surface area contributed by atoms with E-state index in [1.54, 1.807) is 53.7 Å². The summed E-state index contributed by atoms with van der Waals surface area (Å²) in [6, 6.07) is 6.66. The summed E-state index contributed by atoms with van der Waals surface area (Å²) in [5.74, 6) is -0.566. The molecule has 0 aliphatic heterocycles. The third-order valence-electron chi connectivity index (χ3n) is 3.02. The van der Waals surface area contributed by atoms with Crippen molar-refractivity contribution < 1.29 is 17.9 Å². The molecule has 23 heavy (non-hydrogen) atoms. The molecule has 0 radical (unpaired) electrons. The molecule has 130 valence electrons. The highest BCUT2D eigenvalue weighted by Crippen LogP contribution is 2.25. The van der Waals surface area contributed by atoms with Crippen LogP contribution in [0, 0.1) is 6.92 Å². The van der Waals surface area contributed by atoms with E-state index in [2.05, 4.69) is 0 Å². The summed E-state index contributed by atoms with van der Waals surface area (Å²) in [5, 5.41) is 0. The summed E-state index contributed by atoms with van der Waals surface area (Å²) >= 11 is 0. The number of esters is 1. The predicted molar refractivity (Wildman–Crippen MR) is 90.7 cm³/mol. The Morgan fingerprint density at radius 2 is 1.70 bits per heavy atom. The van der Waals surface area contributed by atoms with Crippen LogP contribution in [0.3, 0.4) is 0 Å². The Balaban J connectivity index is 3.20. The normalized spacial score (nSPS) is 13.2. The number of hydrogen-bond donors (Lipinski definition) is 0. The first-order chi connectivity index (χ1) is 10.2. The van der Waals surface area contributed by atoms with Crippen molar-refractivity contribution in [3.8, 4) is 0 Å². The summed E-state index contributed by atoms with van der Waals surface area (Å²) in [6.07, 6.45) is 0. The minimum atomic E-state index is -3.80. The van der Waals surface area contributed by atoms with Crippen molar-refractivity contribution in [1.29, 1.82) is 0 Å². The zero-order chi connectivity index (χ0) is 18.1. The lowest BCUT2D eigenvalue weighted by atomic mass is 10.1. The molecular formula is C17H27NO4S. The number of benzene rings is 1. The molecule has 1 aromatic rings. The first-order valence-electron chi connectivity index (χ1n) is 7.55. The lowest BCUT2D eigenvalue weighted by Crippen LogP contribution is -2.49. The van der Waals surface area contributed by atoms with Gasteiger partial charge in [0.15, 0.2) is 0 Å². The third kappa shape index (κ3) is 5.62. The fraction of sp³-hybridized carbons (Fsp3) is 0.588. The fourth-order valence-corrected chi connectivity index (χ4v) is 3.91. The topological polar surface area (TPSA) is 63.7 Å². The van der Waals surface area contributed by atoms with Crippen molar-refractivity contribution in [3.63, 3.8) is 0 Å². The molecule has 0 amide bonds. The number of nitrogens with zero attached hydrogens (tertiary/aromatic N) is 1. The van der Waals surface area contributed by atoms with Crippen molar-refractivity contribution in [2.24, 2.45) is 0 Å². The molecule has 0 saturated heterocycles. The van der Waals surface area contributed by atoms with E-state index < -0.39 is 27.1 Å². The van der Waals surface area contributed by atoms with Crippen molar-refractivity contribution in [2.75, 3.05) is 6.54 Å². The van der Waals surface area contributed by atoms with Gasteiger partial charge in [0.1, 0.15) is 12.1 Å². The van der Waals surface area contributed by atoms with Crippen molar-refractivity contribution in [2.45, 2.75) is 64.5 Å². The van der Waals surface area contributed by atoms with Gasteiger partial charge in [-0.3, -0.25) is 4.79 Å². The molecule has 0 unspecified atom stereocenters. The lowest BCUT2D eigenvalue weighted by Gasteiger charge is -2.34. The molecule has 1 rings (SSSR count). The summed E-state index contributed by atoms with van der Waals surface area (Å²) in [6.45, 7) is 12.0. The van der Waals surface area contributed by atoms with Gasteiger partial charge in [0.2, 0.25) is 10.0 Å². The molecule has 0 bridgehead atoms. The molecule has 0 spiro atoms. The fourth-order valence-electron chi connectivity index (χ4n) is 2.08. The molecule has 1 aromatic carbocycles. The minimum Gasteiger partial charge on any atom is -0.459 e. The van der Waals surface area contributed by atoms with Crippen molar-refractivity contribution >= 4 is 16.0 Å². The predicted octanol–water partition coefficient (Wildman–Crippen LogP) is 3.13. The molecule has 0 atom stereocenters. The van der Waals surface area contributed by atoms with Crippen LogP contribution in [0.2, 0.25) is 0 Å². The van der Waals surface area contributed by atoms with Crippen molar-refractivity contribution in [3.05, 3.63) is 29.8 Å². The standard InChI is InChI=1S/C17H27NO4S/c1-13-9-8-10-14(11-13)23(20,21)18(16(2,3)4)12-15(19)22-17(5,6)7/h8-11H,12H2,1-7H3. The molecule has 0 saturated carbocycles. The SMILES string of the molecule is Cc1cccc(S(=O)(=O)N(CC(=O)OC(C)(C)C)C(C)(C)C)c1. The Labute approximate surface area is 139 Å². The Morgan fingerprint density at radius 1 is 1.13 bits per heavy atom. The van der Waals surface area contributed by atoms with E-state index in [0.29, 0.717) is 0 Å². The van der Waals surface area contributed by atoms with E-state index in [9.17, 15) is 13.2 Å². The second kappa shape index (κ2) is 6.61. The smallest absolute Gasteiger partial charge is 0.321 e. The van der Waals surface area contributed by atoms with Crippen LogP contribution in [0.4, 0.5) is 0 Å². The molecular weight excluding hydrogens is 314 g/mol. The van der Waals surface area contributed by atoms with Gasteiger partial charge in [-0.05, 0) is 66.2 Å². The maximum atomic E-state index is 13.0. The Bertz CT molecular complexity index is 667. The number of carbonyl (C=O) groups excluding carboxylic acids is 1. The van der Waals surface area contributed by atoms with E-state index >= 15 is 0 Å². The molecule has 0 fully saturated rings. The number of ether oxygens (including phenoxy) is 1. The summed E-state index contributed by atoms with van der Waals surface area (Å²) in [4.78, 5) is 12.3. The average Bonchev–Trinajstić information content (AvgIpc) is 2.32. The number of sulfonamides is 1. The summed E-state index contributed by atoms with van der Waals surface area (Å²) in [7, 11) is -3.80. The quantitative estimate of drug-likeness (QED) is 0.789. The van der Waals surface area contributed by atoms with Crippen LogP contribution in [0.15, 0.2) is 29.2 Å². The van der Waals surface area contributed by atoms with Crippen LogP contribution >= 0.6 is 0 Å². The molecule has 0 aliphatic rings. The third-order valence-corrected chi connectivity index (χ3v) is 5.13. The maximum Gasteiger partial charge on any atom is 0.321 e. The Hall–Kier alpha value is -1.40. The van der Waals surface area contributed by atoms with Gasteiger partial charge >= 0.3 is 5.97 Å². The first kappa shape index (κ1) is 19.6. The molecule has 0 aromatic heterocycles. The van der Waals surface area contributed by atoms with Crippen LogP contribution in [-0.2, 0) is 19.6 Å². The number of carbonyl (C=O) groups is 1. The van der Waals surface area contributed by atoms with Crippen LogP contribution in [0.1, 0.15) is 47.1 Å². The van der Waals surface area contributed by atoms with Gasteiger partial charge in [-0.15, -0.1) is 0 Å². The largest absolute Gasteiger partial charge is 0.459 e. The number of rotatable bonds is 4. The van der Waals surface area contributed by atoms with Crippen LogP contribution in [0.5, 0.6) is 0 Å². The second-order valence-electron chi connectivity index (χ2n) is 7.59. The van der Waals surface area contributed by atoms with Gasteiger partial charge < -0.3 is 4.74 Å². The maximum absolute atomic E-state index is 13.0. The minimum absolute atomic E-state index is 0.177. The number of aryl methyl sites for hydroxylation is 1. The molecule has 0 aliphatic carbocycles. The zero-order valence-corrected chi connectivity index (χ0v) is 15.8. The van der Waals surface area contributed by atoms with Gasteiger partial charge in [-0.2, -0.15) is 4.31 Å². The first-order valence-corrected chi connectivity index (χ1v) is 8.99. The number of hydrogen-bond acceptors (Lipinski definition) is 4. The van der Waals surface area contributed by atoms with Crippen LogP contribution in [-0.4, -0.2) is 36.4 Å². The van der Waals surface area contributed by atoms with Crippen LogP contribution in [0.25, 0.3) is 0 Å². The second-order valence-corrected chi connectivity index (χ2v) is 9.45. The molecule has 5 nitrogen and oxygen atoms in total. The van der Waals surface area contributed by atoms with E-state index in [0.717, 1.165) is 5.56 Å². The highest BCUT2D eigenvalue weighted by molar-refractivity contribution is 7.89. The van der Waals surface area contributed by atoms with Gasteiger partial charge in [-0.25, -0.2) is 8.42 Å². The van der Waals surface area contributed by atoms with E-state index in [-0.39, 0.29) is 11.4 Å². The molecule has 6 heteroatoms. The molecule has 0 heterocycles. The van der Waals surface area contributed by atoms with Gasteiger partial charge in [-0.1, -0.05) is 12.1 Å². The Morgan fingerprint density at radius 3 is 2.13 bits per heavy atom. The van der Waals surface area contributed by atoms with Gasteiger partial charge in [0.25, 0.3) is 0 Å². The van der Waals surface area contributed by atoms with E-state index in [1.165, 1.54) is 10.4 Å². The zero-order valence-electron chi connectivity index (χ0n) is 15.0. The Kier molecular flexibility index (Phi) is 5.65. The van der Waals surface area contributed by atoms with E-state index in [4.69, 9.17) is 4.74 Å².